The molecular weight excluding hydrogens is 690 g/mol. The van der Waals surface area contributed by atoms with E-state index in [0.29, 0.717) is 0 Å². The van der Waals surface area contributed by atoms with Crippen LogP contribution in [-0.4, -0.2) is 32.6 Å². The van der Waals surface area contributed by atoms with E-state index in [1.807, 2.05) is 24.4 Å². The zero-order valence-electron chi connectivity index (χ0n) is 23.1. The maximum atomic E-state index is 5.07. The number of hydrogen-bond donors (Lipinski definition) is 1. The summed E-state index contributed by atoms with van der Waals surface area (Å²) in [4.78, 5) is 4.69. The van der Waals surface area contributed by atoms with E-state index in [2.05, 4.69) is 78.8 Å². The molecule has 223 valence electrons. The van der Waals surface area contributed by atoms with Crippen LogP contribution in [0.3, 0.4) is 0 Å². The average Bonchev–Trinajstić information content (AvgIpc) is 2.95. The van der Waals surface area contributed by atoms with Crippen molar-refractivity contribution in [1.82, 2.24) is 0 Å². The molecule has 0 spiro atoms. The van der Waals surface area contributed by atoms with Gasteiger partial charge in [-0.2, -0.15) is 0 Å². The molecule has 2 saturated heterocycles. The number of hydrogen-bond acceptors (Lipinski definition) is 4. The Hall–Kier alpha value is -1.14. The summed E-state index contributed by atoms with van der Waals surface area (Å²) < 4.78 is 10.1. The van der Waals surface area contributed by atoms with Crippen molar-refractivity contribution in [3.8, 4) is 0 Å². The molecule has 1 radical (unpaired) electrons. The fourth-order valence-corrected chi connectivity index (χ4v) is 4.07. The molecule has 3 aromatic carbocycles. The van der Waals surface area contributed by atoms with Gasteiger partial charge in [0.1, 0.15) is 0 Å². The van der Waals surface area contributed by atoms with Crippen LogP contribution < -0.4 is 30.1 Å². The molecule has 0 aromatic heterocycles. The fourth-order valence-electron chi connectivity index (χ4n) is 4.07. The minimum absolute atomic E-state index is 0. The predicted molar refractivity (Wildman–Crippen MR) is 153 cm³/mol. The summed E-state index contributed by atoms with van der Waals surface area (Å²) >= 11 is 0. The molecule has 2 heterocycles. The molecule has 5 rings (SSSR count). The molecule has 1 N–H and O–H groups in total. The maximum absolute atomic E-state index is 5.07. The Morgan fingerprint density at radius 3 is 1.72 bits per heavy atom. The van der Waals surface area contributed by atoms with Crippen molar-refractivity contribution < 1.29 is 71.2 Å². The molecule has 0 unspecified atom stereocenters. The predicted octanol–water partition coefficient (Wildman–Crippen LogP) is 2.05. The summed E-state index contributed by atoms with van der Waals surface area (Å²) in [5, 5.41) is 3.44. The molecule has 2 fully saturated rings. The van der Waals surface area contributed by atoms with Gasteiger partial charge in [0.25, 0.3) is 0 Å². The van der Waals surface area contributed by atoms with Crippen molar-refractivity contribution >= 4 is 17.6 Å². The molecule has 0 atom stereocenters. The van der Waals surface area contributed by atoms with Gasteiger partial charge in [0.15, 0.2) is 0 Å². The Bertz CT molecular complexity index is 988. The van der Waals surface area contributed by atoms with Crippen LogP contribution in [0.4, 0.5) is 11.4 Å². The first kappa shape index (κ1) is 37.9. The van der Waals surface area contributed by atoms with Gasteiger partial charge in [0.05, 0.1) is 5.69 Å². The summed E-state index contributed by atoms with van der Waals surface area (Å²) in [5.41, 5.74) is 6.95. The van der Waals surface area contributed by atoms with Crippen LogP contribution >= 0.6 is 0 Å². The number of halogens is 2. The van der Waals surface area contributed by atoms with Crippen molar-refractivity contribution in [3.63, 3.8) is 0 Å². The normalized spacial score (nSPS) is 14.1. The minimum atomic E-state index is 0. The van der Waals surface area contributed by atoms with Gasteiger partial charge in [0.2, 0.25) is 0 Å². The van der Waals surface area contributed by atoms with Crippen LogP contribution in [0, 0.1) is 50.7 Å². The number of anilines is 1. The van der Waals surface area contributed by atoms with E-state index in [1.165, 1.54) is 55.2 Å². The molecule has 0 bridgehead atoms. The number of ether oxygens (including phenoxy) is 2. The molecule has 0 aliphatic carbocycles. The summed E-state index contributed by atoms with van der Waals surface area (Å²) in [5.74, 6) is 0. The number of aryl methyl sites for hydroxylation is 2. The zero-order chi connectivity index (χ0) is 25.3. The average molecular weight is 733 g/mol. The van der Waals surface area contributed by atoms with Crippen LogP contribution in [0.5, 0.6) is 0 Å². The molecule has 4 nitrogen and oxygen atoms in total. The van der Waals surface area contributed by atoms with E-state index < -0.39 is 0 Å². The van der Waals surface area contributed by atoms with Crippen LogP contribution in [0.25, 0.3) is 0 Å². The second-order valence-corrected chi connectivity index (χ2v) is 9.31. The molecular formula is C32H42Cl2LuN2O2-2. The maximum Gasteiger partial charge on any atom is 0.0688 e. The summed E-state index contributed by atoms with van der Waals surface area (Å²) in [7, 11) is 0. The third kappa shape index (κ3) is 16.0. The topological polar surface area (TPSA) is 42.9 Å². The van der Waals surface area contributed by atoms with Crippen molar-refractivity contribution in [1.29, 1.82) is 0 Å². The van der Waals surface area contributed by atoms with Gasteiger partial charge in [-0.25, -0.2) is 0 Å². The number of benzene rings is 3. The van der Waals surface area contributed by atoms with Gasteiger partial charge in [-0.15, -0.1) is 0 Å². The first-order valence-electron chi connectivity index (χ1n) is 13.4. The summed E-state index contributed by atoms with van der Waals surface area (Å²) in [6.07, 6.45) is 9.81. The van der Waals surface area contributed by atoms with E-state index in [9.17, 15) is 0 Å². The van der Waals surface area contributed by atoms with Gasteiger partial charge in [-0.3, -0.25) is 4.99 Å². The van der Waals surface area contributed by atoms with Crippen molar-refractivity contribution in [2.24, 2.45) is 4.99 Å². The molecule has 2 aliphatic rings. The van der Waals surface area contributed by atoms with Gasteiger partial charge in [0, 0.05) is 81.7 Å². The Morgan fingerprint density at radius 1 is 0.692 bits per heavy atom. The van der Waals surface area contributed by atoms with Crippen LogP contribution in [-0.2, 0) is 16.0 Å². The number of aliphatic imine (C=N–C) groups is 1. The summed E-state index contributed by atoms with van der Waals surface area (Å²) in [6, 6.07) is 25.0. The number of rotatable bonds is 5. The number of nitrogens with one attached hydrogen (secondary N) is 1. The molecule has 2 aliphatic heterocycles. The Labute approximate surface area is 277 Å². The van der Waals surface area contributed by atoms with Gasteiger partial charge < -0.3 is 39.6 Å². The first-order chi connectivity index (χ1) is 17.7. The number of nitrogens with zero attached hydrogens (tertiary/aromatic N) is 1. The smallest absolute Gasteiger partial charge is 0.0688 e. The molecule has 3 aromatic rings. The minimum Gasteiger partial charge on any atom is -1.00 e. The molecule has 0 amide bonds. The molecule has 0 saturated carbocycles. The van der Waals surface area contributed by atoms with Crippen molar-refractivity contribution in [2.75, 3.05) is 31.7 Å². The quantitative estimate of drug-likeness (QED) is 0.409. The van der Waals surface area contributed by atoms with E-state index in [0.717, 1.165) is 49.9 Å². The third-order valence-corrected chi connectivity index (χ3v) is 6.16. The Kier molecular flexibility index (Phi) is 22.9. The van der Waals surface area contributed by atoms with E-state index in [1.54, 1.807) is 0 Å². The van der Waals surface area contributed by atoms with E-state index >= 15 is 0 Å². The fraction of sp³-hybridized carbons (Fsp3) is 0.406. The standard InChI is InChI=1S/C22H22N2.2C5H10O.2ClH.Lu/c1-17-8-6-9-18(2)22(17)24-16-20-11-7-10-19(14-20)15-23-21-12-4-3-5-13-21;2*1-2-4-6-5-3-1;;;/h3-14,16,23H,15H2,1-2H3;2*1-5H2;2*1H;/p-2. The van der Waals surface area contributed by atoms with Gasteiger partial charge in [-0.05, 0) is 92.8 Å². The SMILES string of the molecule is C1CCOCC1.C1CCOCC1.Cc1cccc(C)c1N=Cc1cccc(CNc2ccccc2)c1.[Cl-].[Cl-].[Lu]. The van der Waals surface area contributed by atoms with Crippen LogP contribution in [0.15, 0.2) is 77.8 Å². The van der Waals surface area contributed by atoms with Gasteiger partial charge >= 0.3 is 0 Å². The Morgan fingerprint density at radius 2 is 1.23 bits per heavy atom. The third-order valence-electron chi connectivity index (χ3n) is 6.16. The van der Waals surface area contributed by atoms with Crippen LogP contribution in [0.2, 0.25) is 0 Å². The van der Waals surface area contributed by atoms with Crippen molar-refractivity contribution in [2.45, 2.75) is 58.9 Å². The van der Waals surface area contributed by atoms with E-state index in [-0.39, 0.29) is 61.7 Å². The van der Waals surface area contributed by atoms with Gasteiger partial charge in [-0.1, -0.05) is 54.6 Å². The first-order valence-corrected chi connectivity index (χ1v) is 13.4. The summed E-state index contributed by atoms with van der Waals surface area (Å²) in [6.45, 7) is 8.99. The molecule has 7 heteroatoms. The second-order valence-electron chi connectivity index (χ2n) is 9.31. The monoisotopic (exact) mass is 731 g/mol. The largest absolute Gasteiger partial charge is 1.00 e. The van der Waals surface area contributed by atoms with Crippen molar-refractivity contribution in [3.05, 3.63) is 95.1 Å². The Balaban J connectivity index is 0.000000797. The van der Waals surface area contributed by atoms with E-state index in [4.69, 9.17) is 9.47 Å². The zero-order valence-corrected chi connectivity index (χ0v) is 26.2. The number of para-hydroxylation sites is 2. The van der Waals surface area contributed by atoms with Crippen LogP contribution in [0.1, 0.15) is 60.8 Å². The second kappa shape index (κ2) is 23.6. The molecule has 39 heavy (non-hydrogen) atoms.